The number of hydrogen-bond acceptors (Lipinski definition) is 4. The molecule has 1 aromatic rings. The van der Waals surface area contributed by atoms with Gasteiger partial charge < -0.3 is 27.0 Å². The van der Waals surface area contributed by atoms with E-state index in [2.05, 4.69) is 18.7 Å². The molecule has 2 rings (SSSR count). The van der Waals surface area contributed by atoms with Crippen LogP contribution < -0.4 is 12.4 Å². The van der Waals surface area contributed by atoms with Crippen molar-refractivity contribution in [2.45, 2.75) is 38.8 Å². The molecule has 1 N–H and O–H groups in total. The van der Waals surface area contributed by atoms with E-state index >= 15 is 0 Å². The van der Waals surface area contributed by atoms with Crippen molar-refractivity contribution in [3.05, 3.63) is 35.9 Å². The topological polar surface area (TPSA) is 41.9 Å². The van der Waals surface area contributed by atoms with Gasteiger partial charge in [-0.1, -0.05) is 30.3 Å². The molecule has 1 aromatic carbocycles. The van der Waals surface area contributed by atoms with Crippen LogP contribution in [0.3, 0.4) is 0 Å². The van der Waals surface area contributed by atoms with Crippen LogP contribution in [-0.2, 0) is 16.1 Å². The van der Waals surface area contributed by atoms with Crippen molar-refractivity contribution in [2.24, 2.45) is 0 Å². The molecule has 1 saturated heterocycles. The molecular weight excluding hydrogens is 290 g/mol. The lowest BCUT2D eigenvalue weighted by Gasteiger charge is -2.36. The molecule has 1 fully saturated rings. The van der Waals surface area contributed by atoms with E-state index in [4.69, 9.17) is 9.47 Å². The lowest BCUT2D eigenvalue weighted by Crippen LogP contribution is -3.00. The number of morpholine rings is 1. The van der Waals surface area contributed by atoms with Crippen molar-refractivity contribution in [3.8, 4) is 0 Å². The van der Waals surface area contributed by atoms with Crippen LogP contribution >= 0.6 is 0 Å². The molecular formula is C16H25ClNO3-. The zero-order chi connectivity index (χ0) is 14.4. The molecule has 0 aromatic heterocycles. The average Bonchev–Trinajstić information content (AvgIpc) is 2.38. The first-order valence-corrected chi connectivity index (χ1v) is 7.31. The van der Waals surface area contributed by atoms with Gasteiger partial charge >= 0.3 is 0 Å². The van der Waals surface area contributed by atoms with E-state index in [1.807, 2.05) is 30.3 Å². The molecule has 0 aliphatic carbocycles. The maximum Gasteiger partial charge on any atom is 0.0900 e. The minimum Gasteiger partial charge on any atom is -1.00 e. The van der Waals surface area contributed by atoms with E-state index in [1.54, 1.807) is 0 Å². The van der Waals surface area contributed by atoms with Crippen molar-refractivity contribution < 1.29 is 27.0 Å². The van der Waals surface area contributed by atoms with Gasteiger partial charge in [-0.05, 0) is 19.4 Å². The molecule has 120 valence electrons. The minimum atomic E-state index is -0.448. The van der Waals surface area contributed by atoms with Crippen LogP contribution in [0.1, 0.15) is 19.4 Å². The SMILES string of the molecule is CC1CN(CC(O)COCc2ccccc2)CC(C)O1.[Cl-]. The first-order valence-electron chi connectivity index (χ1n) is 7.31. The minimum absolute atomic E-state index is 0. The summed E-state index contributed by atoms with van der Waals surface area (Å²) in [4.78, 5) is 2.25. The highest BCUT2D eigenvalue weighted by Crippen LogP contribution is 2.11. The monoisotopic (exact) mass is 314 g/mol. The number of β-amino-alcohol motifs (C(OH)–C–C–N with tert-alkyl or cyclic N) is 1. The molecule has 3 unspecified atom stereocenters. The molecule has 1 aliphatic heterocycles. The van der Waals surface area contributed by atoms with E-state index in [9.17, 15) is 5.11 Å². The number of aliphatic hydroxyl groups excluding tert-OH is 1. The summed E-state index contributed by atoms with van der Waals surface area (Å²) in [6, 6.07) is 10.0. The molecule has 5 heteroatoms. The Labute approximate surface area is 133 Å². The number of hydrogen-bond donors (Lipinski definition) is 1. The molecule has 0 radical (unpaired) electrons. The summed E-state index contributed by atoms with van der Waals surface area (Å²) >= 11 is 0. The summed E-state index contributed by atoms with van der Waals surface area (Å²) in [5.74, 6) is 0. The van der Waals surface area contributed by atoms with E-state index in [0.29, 0.717) is 19.8 Å². The van der Waals surface area contributed by atoms with Crippen molar-refractivity contribution in [3.63, 3.8) is 0 Å². The van der Waals surface area contributed by atoms with Crippen LogP contribution in [0.25, 0.3) is 0 Å². The number of nitrogens with zero attached hydrogens (tertiary/aromatic N) is 1. The second-order valence-corrected chi connectivity index (χ2v) is 5.63. The second-order valence-electron chi connectivity index (χ2n) is 5.63. The number of benzene rings is 1. The Hall–Kier alpha value is -0.650. The molecule has 1 heterocycles. The van der Waals surface area contributed by atoms with Crippen LogP contribution in [0.2, 0.25) is 0 Å². The van der Waals surface area contributed by atoms with Gasteiger partial charge in [0, 0.05) is 19.6 Å². The fourth-order valence-corrected chi connectivity index (χ4v) is 2.67. The standard InChI is InChI=1S/C16H25NO3.ClH/c1-13-8-17(9-14(2)20-13)10-16(18)12-19-11-15-6-4-3-5-7-15;/h3-7,13-14,16,18H,8-12H2,1-2H3;1H/p-1. The first-order chi connectivity index (χ1) is 9.63. The molecule has 21 heavy (non-hydrogen) atoms. The quantitative estimate of drug-likeness (QED) is 0.707. The van der Waals surface area contributed by atoms with Gasteiger partial charge in [0.25, 0.3) is 0 Å². The molecule has 0 amide bonds. The predicted molar refractivity (Wildman–Crippen MR) is 78.6 cm³/mol. The van der Waals surface area contributed by atoms with Crippen LogP contribution in [-0.4, -0.2) is 54.6 Å². The average molecular weight is 315 g/mol. The van der Waals surface area contributed by atoms with Crippen LogP contribution in [0.4, 0.5) is 0 Å². The predicted octanol–water partition coefficient (Wildman–Crippen LogP) is -1.32. The molecule has 4 nitrogen and oxygen atoms in total. The summed E-state index contributed by atoms with van der Waals surface area (Å²) in [6.07, 6.45) is 0.0172. The zero-order valence-electron chi connectivity index (χ0n) is 12.7. The van der Waals surface area contributed by atoms with E-state index in [-0.39, 0.29) is 24.6 Å². The highest BCUT2D eigenvalue weighted by Gasteiger charge is 2.23. The maximum atomic E-state index is 10.0. The van der Waals surface area contributed by atoms with Crippen LogP contribution in [0.15, 0.2) is 30.3 Å². The van der Waals surface area contributed by atoms with Gasteiger partial charge in [0.05, 0.1) is 31.5 Å². The van der Waals surface area contributed by atoms with Crippen LogP contribution in [0, 0.1) is 0 Å². The van der Waals surface area contributed by atoms with Gasteiger partial charge in [0.2, 0.25) is 0 Å². The fraction of sp³-hybridized carbons (Fsp3) is 0.625. The van der Waals surface area contributed by atoms with Crippen LogP contribution in [0.5, 0.6) is 0 Å². The van der Waals surface area contributed by atoms with Crippen molar-refractivity contribution in [2.75, 3.05) is 26.2 Å². The highest BCUT2D eigenvalue weighted by molar-refractivity contribution is 5.13. The number of halogens is 1. The fourth-order valence-electron chi connectivity index (χ4n) is 2.67. The van der Waals surface area contributed by atoms with Gasteiger partial charge in [-0.2, -0.15) is 0 Å². The van der Waals surface area contributed by atoms with E-state index < -0.39 is 6.10 Å². The summed E-state index contributed by atoms with van der Waals surface area (Å²) in [5, 5.41) is 10.0. The third kappa shape index (κ3) is 6.76. The smallest absolute Gasteiger partial charge is 0.0900 e. The molecule has 0 saturated carbocycles. The highest BCUT2D eigenvalue weighted by atomic mass is 35.5. The third-order valence-corrected chi connectivity index (χ3v) is 3.39. The Balaban J connectivity index is 0.00000220. The van der Waals surface area contributed by atoms with Crippen molar-refractivity contribution >= 4 is 0 Å². The lowest BCUT2D eigenvalue weighted by molar-refractivity contribution is -0.0826. The Morgan fingerprint density at radius 1 is 1.24 bits per heavy atom. The molecule has 3 atom stereocenters. The number of rotatable bonds is 6. The van der Waals surface area contributed by atoms with Gasteiger partial charge in [-0.25, -0.2) is 0 Å². The van der Waals surface area contributed by atoms with Crippen molar-refractivity contribution in [1.29, 1.82) is 0 Å². The summed E-state index contributed by atoms with van der Waals surface area (Å²) < 4.78 is 11.3. The summed E-state index contributed by atoms with van der Waals surface area (Å²) in [7, 11) is 0. The summed E-state index contributed by atoms with van der Waals surface area (Å²) in [6.45, 7) is 7.46. The summed E-state index contributed by atoms with van der Waals surface area (Å²) in [5.41, 5.74) is 1.13. The Morgan fingerprint density at radius 3 is 2.48 bits per heavy atom. The van der Waals surface area contributed by atoms with Crippen molar-refractivity contribution in [1.82, 2.24) is 4.90 Å². The Bertz CT molecular complexity index is 380. The third-order valence-electron chi connectivity index (χ3n) is 3.39. The van der Waals surface area contributed by atoms with E-state index in [1.165, 1.54) is 0 Å². The van der Waals surface area contributed by atoms with Gasteiger partial charge in [0.15, 0.2) is 0 Å². The van der Waals surface area contributed by atoms with E-state index in [0.717, 1.165) is 18.7 Å². The normalized spacial score (nSPS) is 24.3. The second kappa shape index (κ2) is 9.38. The first kappa shape index (κ1) is 18.4. The van der Waals surface area contributed by atoms with Gasteiger partial charge in [-0.3, -0.25) is 4.90 Å². The Morgan fingerprint density at radius 2 is 1.86 bits per heavy atom. The molecule has 0 bridgehead atoms. The number of ether oxygens (including phenoxy) is 2. The maximum absolute atomic E-state index is 10.0. The Kier molecular flexibility index (Phi) is 8.22. The van der Waals surface area contributed by atoms with Gasteiger partial charge in [-0.15, -0.1) is 0 Å². The zero-order valence-corrected chi connectivity index (χ0v) is 13.5. The number of aliphatic hydroxyl groups is 1. The lowest BCUT2D eigenvalue weighted by atomic mass is 10.2. The molecule has 1 aliphatic rings. The largest absolute Gasteiger partial charge is 1.00 e. The molecule has 0 spiro atoms. The van der Waals surface area contributed by atoms with Gasteiger partial charge in [0.1, 0.15) is 0 Å².